The molecular formula is C13H27N3O4S. The SMILES string of the molecule is CN(C)S(=O)(=O)N(CCN1CCOCC1)C1CCOCC1. The average molecular weight is 321 g/mol. The lowest BCUT2D eigenvalue weighted by Crippen LogP contribution is -2.51. The maximum absolute atomic E-state index is 12.6. The highest BCUT2D eigenvalue weighted by Crippen LogP contribution is 2.19. The van der Waals surface area contributed by atoms with Gasteiger partial charge in [0, 0.05) is 59.5 Å². The molecule has 0 spiro atoms. The topological polar surface area (TPSA) is 62.3 Å². The van der Waals surface area contributed by atoms with Gasteiger partial charge in [-0.15, -0.1) is 0 Å². The van der Waals surface area contributed by atoms with Crippen LogP contribution in [-0.4, -0.2) is 94.7 Å². The van der Waals surface area contributed by atoms with E-state index in [-0.39, 0.29) is 6.04 Å². The van der Waals surface area contributed by atoms with Crippen molar-refractivity contribution in [3.63, 3.8) is 0 Å². The molecule has 21 heavy (non-hydrogen) atoms. The lowest BCUT2D eigenvalue weighted by Gasteiger charge is -2.36. The number of morpholine rings is 1. The summed E-state index contributed by atoms with van der Waals surface area (Å²) < 4.78 is 38.8. The molecule has 2 rings (SSSR count). The molecule has 0 bridgehead atoms. The molecule has 0 atom stereocenters. The van der Waals surface area contributed by atoms with Crippen LogP contribution in [0.2, 0.25) is 0 Å². The lowest BCUT2D eigenvalue weighted by atomic mass is 10.1. The summed E-state index contributed by atoms with van der Waals surface area (Å²) in [5.41, 5.74) is 0. The highest BCUT2D eigenvalue weighted by molar-refractivity contribution is 7.86. The molecule has 0 aromatic heterocycles. The number of nitrogens with zero attached hydrogens (tertiary/aromatic N) is 3. The van der Waals surface area contributed by atoms with Gasteiger partial charge in [-0.05, 0) is 12.8 Å². The minimum atomic E-state index is -3.39. The zero-order chi connectivity index (χ0) is 15.3. The van der Waals surface area contributed by atoms with E-state index in [0.29, 0.717) is 19.8 Å². The smallest absolute Gasteiger partial charge is 0.281 e. The maximum atomic E-state index is 12.6. The first-order valence-electron chi connectivity index (χ1n) is 7.59. The Morgan fingerprint density at radius 1 is 1.05 bits per heavy atom. The van der Waals surface area contributed by atoms with Gasteiger partial charge in [0.1, 0.15) is 0 Å². The van der Waals surface area contributed by atoms with E-state index in [2.05, 4.69) is 4.90 Å². The predicted octanol–water partition coefficient (Wildman–Crippen LogP) is -0.394. The van der Waals surface area contributed by atoms with Gasteiger partial charge in [-0.2, -0.15) is 17.0 Å². The van der Waals surface area contributed by atoms with Gasteiger partial charge in [-0.1, -0.05) is 0 Å². The van der Waals surface area contributed by atoms with E-state index in [0.717, 1.165) is 45.7 Å². The summed E-state index contributed by atoms with van der Waals surface area (Å²) in [5, 5.41) is 0. The monoisotopic (exact) mass is 321 g/mol. The molecule has 8 heteroatoms. The third kappa shape index (κ3) is 4.61. The molecular weight excluding hydrogens is 294 g/mol. The molecule has 0 aliphatic carbocycles. The van der Waals surface area contributed by atoms with Crippen molar-refractivity contribution in [1.29, 1.82) is 0 Å². The summed E-state index contributed by atoms with van der Waals surface area (Å²) in [4.78, 5) is 2.26. The highest BCUT2D eigenvalue weighted by atomic mass is 32.2. The van der Waals surface area contributed by atoms with Gasteiger partial charge in [0.15, 0.2) is 0 Å². The normalized spacial score (nSPS) is 23.0. The number of hydrogen-bond donors (Lipinski definition) is 0. The molecule has 0 radical (unpaired) electrons. The van der Waals surface area contributed by atoms with Crippen LogP contribution in [0.5, 0.6) is 0 Å². The third-order valence-electron chi connectivity index (χ3n) is 4.10. The van der Waals surface area contributed by atoms with E-state index in [1.807, 2.05) is 0 Å². The second-order valence-electron chi connectivity index (χ2n) is 5.70. The number of rotatable bonds is 6. The van der Waals surface area contributed by atoms with Gasteiger partial charge in [-0.25, -0.2) is 0 Å². The van der Waals surface area contributed by atoms with Crippen LogP contribution in [0.1, 0.15) is 12.8 Å². The van der Waals surface area contributed by atoms with Crippen LogP contribution in [0.3, 0.4) is 0 Å². The van der Waals surface area contributed by atoms with Crippen molar-refractivity contribution in [2.45, 2.75) is 18.9 Å². The molecule has 0 unspecified atom stereocenters. The molecule has 2 aliphatic heterocycles. The van der Waals surface area contributed by atoms with E-state index in [9.17, 15) is 8.42 Å². The summed E-state index contributed by atoms with van der Waals surface area (Å²) in [6.07, 6.45) is 1.55. The van der Waals surface area contributed by atoms with Gasteiger partial charge in [0.25, 0.3) is 10.2 Å². The van der Waals surface area contributed by atoms with E-state index >= 15 is 0 Å². The molecule has 7 nitrogen and oxygen atoms in total. The summed E-state index contributed by atoms with van der Waals surface area (Å²) >= 11 is 0. The molecule has 0 amide bonds. The van der Waals surface area contributed by atoms with Crippen LogP contribution in [0.15, 0.2) is 0 Å². The van der Waals surface area contributed by atoms with Gasteiger partial charge in [0.05, 0.1) is 13.2 Å². The van der Waals surface area contributed by atoms with Crippen molar-refractivity contribution in [1.82, 2.24) is 13.5 Å². The molecule has 124 valence electrons. The zero-order valence-corrected chi connectivity index (χ0v) is 13.8. The zero-order valence-electron chi connectivity index (χ0n) is 13.0. The summed E-state index contributed by atoms with van der Waals surface area (Å²) in [7, 11) is -0.199. The number of hydrogen-bond acceptors (Lipinski definition) is 5. The first kappa shape index (κ1) is 17.1. The minimum Gasteiger partial charge on any atom is -0.381 e. The Hall–Kier alpha value is -0.250. The Balaban J connectivity index is 2.00. The van der Waals surface area contributed by atoms with Crippen LogP contribution in [0, 0.1) is 0 Å². The lowest BCUT2D eigenvalue weighted by molar-refractivity contribution is 0.0286. The Labute approximate surface area is 128 Å². The van der Waals surface area contributed by atoms with Crippen LogP contribution >= 0.6 is 0 Å². The third-order valence-corrected chi connectivity index (χ3v) is 6.09. The van der Waals surface area contributed by atoms with Crippen LogP contribution in [-0.2, 0) is 19.7 Å². The van der Waals surface area contributed by atoms with Crippen molar-refractivity contribution >= 4 is 10.2 Å². The molecule has 0 saturated carbocycles. The minimum absolute atomic E-state index is 0.0483. The van der Waals surface area contributed by atoms with Crippen LogP contribution in [0.25, 0.3) is 0 Å². The first-order valence-corrected chi connectivity index (χ1v) is 8.98. The maximum Gasteiger partial charge on any atom is 0.281 e. The van der Waals surface area contributed by atoms with Crippen molar-refractivity contribution < 1.29 is 17.9 Å². The molecule has 2 fully saturated rings. The largest absolute Gasteiger partial charge is 0.381 e. The van der Waals surface area contributed by atoms with E-state index in [1.165, 1.54) is 4.31 Å². The van der Waals surface area contributed by atoms with E-state index < -0.39 is 10.2 Å². The molecule has 0 N–H and O–H groups in total. The Bertz CT molecular complexity index is 404. The first-order chi connectivity index (χ1) is 10.0. The quantitative estimate of drug-likeness (QED) is 0.666. The van der Waals surface area contributed by atoms with Crippen LogP contribution < -0.4 is 0 Å². The van der Waals surface area contributed by atoms with Crippen molar-refractivity contribution in [3.05, 3.63) is 0 Å². The molecule has 0 aromatic rings. The predicted molar refractivity (Wildman–Crippen MR) is 80.4 cm³/mol. The standard InChI is InChI=1S/C13H27N3O4S/c1-14(2)21(17,18)16(13-3-9-19-10-4-13)6-5-15-7-11-20-12-8-15/h13H,3-12H2,1-2H3. The van der Waals surface area contributed by atoms with E-state index in [4.69, 9.17) is 9.47 Å². The Morgan fingerprint density at radius 3 is 2.19 bits per heavy atom. The molecule has 2 aliphatic rings. The molecule has 2 saturated heterocycles. The van der Waals surface area contributed by atoms with Crippen LogP contribution in [0.4, 0.5) is 0 Å². The van der Waals surface area contributed by atoms with Gasteiger partial charge in [-0.3, -0.25) is 4.90 Å². The number of ether oxygens (including phenoxy) is 2. The second-order valence-corrected chi connectivity index (χ2v) is 7.79. The van der Waals surface area contributed by atoms with Gasteiger partial charge in [0.2, 0.25) is 0 Å². The fourth-order valence-electron chi connectivity index (χ4n) is 2.73. The van der Waals surface area contributed by atoms with Crippen molar-refractivity contribution in [2.24, 2.45) is 0 Å². The van der Waals surface area contributed by atoms with E-state index in [1.54, 1.807) is 18.4 Å². The fraction of sp³-hybridized carbons (Fsp3) is 1.00. The fourth-order valence-corrected chi connectivity index (χ4v) is 4.05. The molecule has 0 aromatic carbocycles. The van der Waals surface area contributed by atoms with Crippen molar-refractivity contribution in [2.75, 3.05) is 66.7 Å². The second kappa shape index (κ2) is 7.85. The Kier molecular flexibility index (Phi) is 6.39. The summed E-state index contributed by atoms with van der Waals surface area (Å²) in [5.74, 6) is 0. The average Bonchev–Trinajstić information content (AvgIpc) is 2.49. The molecule has 2 heterocycles. The summed E-state index contributed by atoms with van der Waals surface area (Å²) in [6, 6.07) is 0.0483. The Morgan fingerprint density at radius 2 is 1.62 bits per heavy atom. The van der Waals surface area contributed by atoms with Gasteiger partial charge < -0.3 is 9.47 Å². The van der Waals surface area contributed by atoms with Crippen molar-refractivity contribution in [3.8, 4) is 0 Å². The summed E-state index contributed by atoms with van der Waals surface area (Å²) in [6.45, 7) is 5.80. The van der Waals surface area contributed by atoms with Gasteiger partial charge >= 0.3 is 0 Å². The highest BCUT2D eigenvalue weighted by Gasteiger charge is 2.33.